The van der Waals surface area contributed by atoms with Crippen molar-refractivity contribution in [2.45, 2.75) is 19.2 Å². The molecule has 1 fully saturated rings. The van der Waals surface area contributed by atoms with Gasteiger partial charge >= 0.3 is 6.36 Å². The van der Waals surface area contributed by atoms with E-state index in [2.05, 4.69) is 20.0 Å². The molecular formula is C19H14F3N3O2. The minimum absolute atomic E-state index is 0.0512. The van der Waals surface area contributed by atoms with Crippen molar-refractivity contribution in [1.82, 2.24) is 9.97 Å². The van der Waals surface area contributed by atoms with Gasteiger partial charge < -0.3 is 10.1 Å². The van der Waals surface area contributed by atoms with Gasteiger partial charge in [-0.2, -0.15) is 0 Å². The van der Waals surface area contributed by atoms with Gasteiger partial charge in [-0.25, -0.2) is 4.98 Å². The van der Waals surface area contributed by atoms with Crippen LogP contribution in [0.15, 0.2) is 48.8 Å². The fourth-order valence-corrected chi connectivity index (χ4v) is 2.72. The molecule has 0 atom stereocenters. The fraction of sp³-hybridized carbons (Fsp3) is 0.211. The number of ether oxygens (including phenoxy) is 1. The van der Waals surface area contributed by atoms with E-state index in [1.54, 1.807) is 24.4 Å². The summed E-state index contributed by atoms with van der Waals surface area (Å²) in [6, 6.07) is 9.13. The highest BCUT2D eigenvalue weighted by atomic mass is 19.4. The summed E-state index contributed by atoms with van der Waals surface area (Å²) in [6.45, 7) is 0. The molecule has 0 radical (unpaired) electrons. The van der Waals surface area contributed by atoms with E-state index in [0.29, 0.717) is 22.3 Å². The van der Waals surface area contributed by atoms with E-state index < -0.39 is 6.36 Å². The lowest BCUT2D eigenvalue weighted by Gasteiger charge is -2.13. The van der Waals surface area contributed by atoms with Gasteiger partial charge in [0.05, 0.1) is 5.69 Å². The second-order valence-corrected chi connectivity index (χ2v) is 6.29. The number of nitrogens with one attached hydrogen (secondary N) is 1. The Morgan fingerprint density at radius 3 is 2.52 bits per heavy atom. The summed E-state index contributed by atoms with van der Waals surface area (Å²) in [6.07, 6.45) is 0.0798. The topological polar surface area (TPSA) is 64.1 Å². The minimum atomic E-state index is -4.79. The second kappa shape index (κ2) is 6.53. The van der Waals surface area contributed by atoms with Crippen LogP contribution < -0.4 is 10.1 Å². The molecule has 138 valence electrons. The number of anilines is 1. The molecule has 2 heterocycles. The van der Waals surface area contributed by atoms with Crippen LogP contribution >= 0.6 is 0 Å². The van der Waals surface area contributed by atoms with Crippen molar-refractivity contribution in [2.24, 2.45) is 5.92 Å². The molecule has 1 aliphatic carbocycles. The normalized spacial score (nSPS) is 14.2. The Balaban J connectivity index is 1.65. The van der Waals surface area contributed by atoms with Crippen LogP contribution in [0.3, 0.4) is 0 Å². The van der Waals surface area contributed by atoms with Crippen LogP contribution in [0.4, 0.5) is 19.0 Å². The number of benzene rings is 1. The first kappa shape index (κ1) is 17.3. The summed E-state index contributed by atoms with van der Waals surface area (Å²) in [5, 5.41) is 4.16. The molecule has 0 saturated heterocycles. The standard InChI is InChI=1S/C19H14F3N3O2/c20-19(21,22)27-16-4-2-1-3-14(16)15-7-12-10-24-17(8-13(12)9-23-15)25-18(26)11-5-6-11/h1-4,7-11H,5-6H2,(H,24,25,26). The van der Waals surface area contributed by atoms with E-state index in [0.717, 1.165) is 12.8 Å². The highest BCUT2D eigenvalue weighted by molar-refractivity contribution is 5.95. The Morgan fingerprint density at radius 1 is 1.07 bits per heavy atom. The Morgan fingerprint density at radius 2 is 1.78 bits per heavy atom. The first-order valence-electron chi connectivity index (χ1n) is 8.31. The van der Waals surface area contributed by atoms with E-state index in [1.807, 2.05) is 0 Å². The minimum Gasteiger partial charge on any atom is -0.405 e. The third kappa shape index (κ3) is 3.99. The first-order valence-corrected chi connectivity index (χ1v) is 8.31. The monoisotopic (exact) mass is 373 g/mol. The van der Waals surface area contributed by atoms with Gasteiger partial charge in [0, 0.05) is 34.6 Å². The summed E-state index contributed by atoms with van der Waals surface area (Å²) in [7, 11) is 0. The third-order valence-corrected chi connectivity index (χ3v) is 4.19. The molecule has 1 aromatic carbocycles. The predicted octanol–water partition coefficient (Wildman–Crippen LogP) is 4.54. The summed E-state index contributed by atoms with van der Waals surface area (Å²) in [5.74, 6) is 0.116. The lowest BCUT2D eigenvalue weighted by Crippen LogP contribution is -2.17. The maximum Gasteiger partial charge on any atom is 0.573 e. The number of carbonyl (C=O) groups excluding carboxylic acids is 1. The van der Waals surface area contributed by atoms with Crippen molar-refractivity contribution in [3.05, 3.63) is 48.8 Å². The van der Waals surface area contributed by atoms with Crippen molar-refractivity contribution >= 4 is 22.5 Å². The number of hydrogen-bond donors (Lipinski definition) is 1. The second-order valence-electron chi connectivity index (χ2n) is 6.29. The zero-order valence-corrected chi connectivity index (χ0v) is 14.0. The van der Waals surface area contributed by atoms with Crippen LogP contribution in [-0.4, -0.2) is 22.2 Å². The lowest BCUT2D eigenvalue weighted by atomic mass is 10.1. The number of alkyl halides is 3. The van der Waals surface area contributed by atoms with E-state index in [9.17, 15) is 18.0 Å². The number of pyridine rings is 2. The number of amides is 1. The Kier molecular flexibility index (Phi) is 4.18. The average molecular weight is 373 g/mol. The van der Waals surface area contributed by atoms with E-state index in [4.69, 9.17) is 0 Å². The number of halogens is 3. The van der Waals surface area contributed by atoms with Crippen LogP contribution in [0.5, 0.6) is 5.75 Å². The molecule has 0 unspecified atom stereocenters. The van der Waals surface area contributed by atoms with Gasteiger partial charge in [-0.3, -0.25) is 9.78 Å². The molecule has 5 nitrogen and oxygen atoms in total. The van der Waals surface area contributed by atoms with E-state index in [1.165, 1.54) is 24.4 Å². The number of nitrogens with zero attached hydrogens (tertiary/aromatic N) is 2. The highest BCUT2D eigenvalue weighted by Gasteiger charge is 2.32. The molecule has 0 spiro atoms. The summed E-state index contributed by atoms with van der Waals surface area (Å²) < 4.78 is 41.9. The molecule has 2 aromatic heterocycles. The summed E-state index contributed by atoms with van der Waals surface area (Å²) >= 11 is 0. The van der Waals surface area contributed by atoms with Crippen LogP contribution in [0.1, 0.15) is 12.8 Å². The number of fused-ring (bicyclic) bond motifs is 1. The average Bonchev–Trinajstić information content (AvgIpc) is 3.46. The lowest BCUT2D eigenvalue weighted by molar-refractivity contribution is -0.274. The van der Waals surface area contributed by atoms with Crippen LogP contribution in [0, 0.1) is 5.92 Å². The van der Waals surface area contributed by atoms with Crippen LogP contribution in [-0.2, 0) is 4.79 Å². The molecule has 1 N–H and O–H groups in total. The molecule has 1 amide bonds. The molecule has 1 saturated carbocycles. The SMILES string of the molecule is O=C(Nc1cc2cnc(-c3ccccc3OC(F)(F)F)cc2cn1)C1CC1. The number of rotatable bonds is 4. The predicted molar refractivity (Wildman–Crippen MR) is 93.0 cm³/mol. The zero-order valence-electron chi connectivity index (χ0n) is 14.0. The number of para-hydroxylation sites is 1. The van der Waals surface area contributed by atoms with Gasteiger partial charge in [0.1, 0.15) is 11.6 Å². The maximum absolute atomic E-state index is 12.6. The molecular weight excluding hydrogens is 359 g/mol. The number of aromatic nitrogens is 2. The number of carbonyl (C=O) groups is 1. The molecule has 0 bridgehead atoms. The fourth-order valence-electron chi connectivity index (χ4n) is 2.72. The molecule has 1 aliphatic rings. The van der Waals surface area contributed by atoms with Crippen molar-refractivity contribution in [2.75, 3.05) is 5.32 Å². The van der Waals surface area contributed by atoms with Gasteiger partial charge in [-0.05, 0) is 37.1 Å². The van der Waals surface area contributed by atoms with E-state index >= 15 is 0 Å². The molecule has 4 rings (SSSR count). The molecule has 0 aliphatic heterocycles. The highest BCUT2D eigenvalue weighted by Crippen LogP contribution is 2.34. The molecule has 27 heavy (non-hydrogen) atoms. The van der Waals surface area contributed by atoms with Gasteiger partial charge in [-0.15, -0.1) is 13.2 Å². The van der Waals surface area contributed by atoms with Gasteiger partial charge in [0.2, 0.25) is 5.91 Å². The van der Waals surface area contributed by atoms with Gasteiger partial charge in [0.15, 0.2) is 0 Å². The van der Waals surface area contributed by atoms with Gasteiger partial charge in [0.25, 0.3) is 0 Å². The van der Waals surface area contributed by atoms with Crippen LogP contribution in [0.2, 0.25) is 0 Å². The van der Waals surface area contributed by atoms with Crippen molar-refractivity contribution < 1.29 is 22.7 Å². The van der Waals surface area contributed by atoms with Crippen molar-refractivity contribution in [1.29, 1.82) is 0 Å². The van der Waals surface area contributed by atoms with Crippen molar-refractivity contribution in [3.8, 4) is 17.0 Å². The number of hydrogen-bond acceptors (Lipinski definition) is 4. The van der Waals surface area contributed by atoms with Gasteiger partial charge in [-0.1, -0.05) is 12.1 Å². The summed E-state index contributed by atoms with van der Waals surface area (Å²) in [5.41, 5.74) is 0.557. The Bertz CT molecular complexity index is 1020. The Hall–Kier alpha value is -3.16. The molecule has 3 aromatic rings. The zero-order chi connectivity index (χ0) is 19.0. The molecule has 8 heteroatoms. The van der Waals surface area contributed by atoms with Crippen LogP contribution in [0.25, 0.3) is 22.0 Å². The quantitative estimate of drug-likeness (QED) is 0.729. The maximum atomic E-state index is 12.6. The van der Waals surface area contributed by atoms with E-state index in [-0.39, 0.29) is 23.1 Å². The Labute approximate surface area is 152 Å². The third-order valence-electron chi connectivity index (χ3n) is 4.19. The largest absolute Gasteiger partial charge is 0.573 e. The van der Waals surface area contributed by atoms with Crippen molar-refractivity contribution in [3.63, 3.8) is 0 Å². The smallest absolute Gasteiger partial charge is 0.405 e. The summed E-state index contributed by atoms with van der Waals surface area (Å²) in [4.78, 5) is 20.3. The first-order chi connectivity index (χ1) is 12.9.